The number of carboxylic acid groups (broad SMARTS) is 1. The maximum atomic E-state index is 13.5. The standard InChI is InChI=1S/C8H11F2NO2/c9-8(10)5-1-2-7(8,6(12)13)4-11-3-5/h5,11H,1-4H2,(H,12,13). The van der Waals surface area contributed by atoms with Crippen molar-refractivity contribution in [3.05, 3.63) is 0 Å². The van der Waals surface area contributed by atoms with Crippen molar-refractivity contribution < 1.29 is 18.7 Å². The van der Waals surface area contributed by atoms with Crippen molar-refractivity contribution in [1.82, 2.24) is 5.32 Å². The van der Waals surface area contributed by atoms with Gasteiger partial charge < -0.3 is 10.4 Å². The first-order chi connectivity index (χ1) is 6.01. The Hall–Kier alpha value is -0.710. The number of rotatable bonds is 1. The van der Waals surface area contributed by atoms with E-state index in [-0.39, 0.29) is 19.5 Å². The Morgan fingerprint density at radius 3 is 2.77 bits per heavy atom. The Morgan fingerprint density at radius 2 is 2.23 bits per heavy atom. The smallest absolute Gasteiger partial charge is 0.317 e. The summed E-state index contributed by atoms with van der Waals surface area (Å²) >= 11 is 0. The fourth-order valence-corrected chi connectivity index (χ4v) is 2.38. The molecule has 2 rings (SSSR count). The zero-order valence-electron chi connectivity index (χ0n) is 7.02. The highest BCUT2D eigenvalue weighted by Crippen LogP contribution is 2.55. The van der Waals surface area contributed by atoms with Gasteiger partial charge in [0.05, 0.1) is 0 Å². The van der Waals surface area contributed by atoms with Gasteiger partial charge in [0.15, 0.2) is 0 Å². The lowest BCUT2D eigenvalue weighted by Crippen LogP contribution is -2.58. The number of alkyl halides is 2. The molecule has 1 aliphatic carbocycles. The first kappa shape index (κ1) is 8.87. The first-order valence-electron chi connectivity index (χ1n) is 4.33. The van der Waals surface area contributed by atoms with E-state index in [2.05, 4.69) is 5.32 Å². The zero-order chi connectivity index (χ0) is 9.69. The molecular formula is C8H11F2NO2. The fraction of sp³-hybridized carbons (Fsp3) is 0.875. The van der Waals surface area contributed by atoms with Crippen molar-refractivity contribution in [2.45, 2.75) is 18.8 Å². The lowest BCUT2D eigenvalue weighted by atomic mass is 9.79. The first-order valence-corrected chi connectivity index (χ1v) is 4.33. The average Bonchev–Trinajstić information content (AvgIpc) is 2.23. The number of hydrogen-bond acceptors (Lipinski definition) is 2. The highest BCUT2D eigenvalue weighted by molar-refractivity contribution is 5.77. The molecule has 2 N–H and O–H groups in total. The van der Waals surface area contributed by atoms with Crippen molar-refractivity contribution in [3.8, 4) is 0 Å². The molecule has 0 spiro atoms. The van der Waals surface area contributed by atoms with Crippen LogP contribution in [-0.2, 0) is 4.79 Å². The zero-order valence-corrected chi connectivity index (χ0v) is 7.02. The van der Waals surface area contributed by atoms with Crippen LogP contribution in [0, 0.1) is 11.3 Å². The molecule has 13 heavy (non-hydrogen) atoms. The van der Waals surface area contributed by atoms with E-state index < -0.39 is 23.2 Å². The normalized spacial score (nSPS) is 41.8. The monoisotopic (exact) mass is 191 g/mol. The van der Waals surface area contributed by atoms with Crippen LogP contribution in [0.3, 0.4) is 0 Å². The lowest BCUT2D eigenvalue weighted by molar-refractivity contribution is -0.184. The minimum absolute atomic E-state index is 0.0903. The van der Waals surface area contributed by atoms with Gasteiger partial charge in [-0.15, -0.1) is 0 Å². The Morgan fingerprint density at radius 1 is 1.54 bits per heavy atom. The highest BCUT2D eigenvalue weighted by Gasteiger charge is 2.68. The topological polar surface area (TPSA) is 49.3 Å². The molecule has 0 aromatic carbocycles. The summed E-state index contributed by atoms with van der Waals surface area (Å²) in [6.07, 6.45) is 0.402. The van der Waals surface area contributed by atoms with E-state index in [4.69, 9.17) is 5.11 Å². The van der Waals surface area contributed by atoms with Crippen LogP contribution in [0.25, 0.3) is 0 Å². The Bertz CT molecular complexity index is 253. The fourth-order valence-electron chi connectivity index (χ4n) is 2.38. The predicted molar refractivity (Wildman–Crippen MR) is 40.6 cm³/mol. The van der Waals surface area contributed by atoms with Crippen LogP contribution in [0.15, 0.2) is 0 Å². The van der Waals surface area contributed by atoms with Crippen molar-refractivity contribution in [3.63, 3.8) is 0 Å². The van der Waals surface area contributed by atoms with Crippen molar-refractivity contribution in [2.24, 2.45) is 11.3 Å². The van der Waals surface area contributed by atoms with Gasteiger partial charge in [0.2, 0.25) is 0 Å². The molecule has 2 fully saturated rings. The van der Waals surface area contributed by atoms with Gasteiger partial charge in [0, 0.05) is 19.0 Å². The van der Waals surface area contributed by atoms with Crippen LogP contribution >= 0.6 is 0 Å². The van der Waals surface area contributed by atoms with Crippen molar-refractivity contribution >= 4 is 5.97 Å². The molecule has 1 aliphatic heterocycles. The number of carbonyl (C=O) groups is 1. The number of aliphatic carboxylic acids is 1. The number of fused-ring (bicyclic) bond motifs is 2. The minimum Gasteiger partial charge on any atom is -0.481 e. The molecule has 3 nitrogen and oxygen atoms in total. The third kappa shape index (κ3) is 0.879. The van der Waals surface area contributed by atoms with Crippen LogP contribution in [0.5, 0.6) is 0 Å². The second-order valence-corrected chi connectivity index (χ2v) is 3.88. The molecule has 0 aromatic rings. The summed E-state index contributed by atoms with van der Waals surface area (Å²) in [5.74, 6) is -5.20. The Balaban J connectivity index is 2.41. The summed E-state index contributed by atoms with van der Waals surface area (Å²) in [6.45, 7) is 0.133. The molecule has 2 bridgehead atoms. The third-order valence-corrected chi connectivity index (χ3v) is 3.30. The van der Waals surface area contributed by atoms with Crippen LogP contribution in [0.2, 0.25) is 0 Å². The summed E-state index contributed by atoms with van der Waals surface area (Å²) in [6, 6.07) is 0. The maximum absolute atomic E-state index is 13.5. The molecule has 0 radical (unpaired) electrons. The molecule has 2 aliphatic rings. The number of hydrogen-bond donors (Lipinski definition) is 2. The van der Waals surface area contributed by atoms with E-state index in [1.807, 2.05) is 0 Å². The number of piperidine rings is 1. The molecule has 1 saturated carbocycles. The maximum Gasteiger partial charge on any atom is 0.317 e. The van der Waals surface area contributed by atoms with E-state index in [1.54, 1.807) is 0 Å². The Kier molecular flexibility index (Phi) is 1.64. The molecule has 1 saturated heterocycles. The van der Waals surface area contributed by atoms with Gasteiger partial charge in [-0.25, -0.2) is 8.78 Å². The summed E-state index contributed by atoms with van der Waals surface area (Å²) in [5, 5.41) is 11.6. The van der Waals surface area contributed by atoms with Gasteiger partial charge in [0.25, 0.3) is 5.92 Å². The van der Waals surface area contributed by atoms with Crippen LogP contribution < -0.4 is 5.32 Å². The predicted octanol–water partition coefficient (Wildman–Crippen LogP) is 0.706. The quantitative estimate of drug-likeness (QED) is 0.641. The van der Waals surface area contributed by atoms with Crippen LogP contribution in [0.4, 0.5) is 8.78 Å². The van der Waals surface area contributed by atoms with Gasteiger partial charge in [-0.05, 0) is 12.8 Å². The SMILES string of the molecule is O=C(O)C12CCC(CNC1)C2(F)F. The van der Waals surface area contributed by atoms with Gasteiger partial charge in [-0.2, -0.15) is 0 Å². The third-order valence-electron chi connectivity index (χ3n) is 3.30. The number of halogens is 2. The highest BCUT2D eigenvalue weighted by atomic mass is 19.3. The van der Waals surface area contributed by atoms with Gasteiger partial charge in [-0.3, -0.25) is 4.79 Å². The molecule has 2 atom stereocenters. The molecule has 5 heteroatoms. The minimum atomic E-state index is -3.04. The summed E-state index contributed by atoms with van der Waals surface area (Å²) < 4.78 is 27.1. The van der Waals surface area contributed by atoms with E-state index in [0.717, 1.165) is 0 Å². The van der Waals surface area contributed by atoms with E-state index in [9.17, 15) is 13.6 Å². The molecular weight excluding hydrogens is 180 g/mol. The molecule has 1 heterocycles. The van der Waals surface area contributed by atoms with Crippen molar-refractivity contribution in [1.29, 1.82) is 0 Å². The van der Waals surface area contributed by atoms with Crippen molar-refractivity contribution in [2.75, 3.05) is 13.1 Å². The molecule has 74 valence electrons. The van der Waals surface area contributed by atoms with Crippen LogP contribution in [-0.4, -0.2) is 30.1 Å². The van der Waals surface area contributed by atoms with Gasteiger partial charge >= 0.3 is 5.97 Å². The second-order valence-electron chi connectivity index (χ2n) is 3.88. The second kappa shape index (κ2) is 2.41. The molecule has 0 aromatic heterocycles. The molecule has 2 unspecified atom stereocenters. The summed E-state index contributed by atoms with van der Waals surface area (Å²) in [4.78, 5) is 10.8. The lowest BCUT2D eigenvalue weighted by Gasteiger charge is -2.37. The van der Waals surface area contributed by atoms with Gasteiger partial charge in [0.1, 0.15) is 5.41 Å². The van der Waals surface area contributed by atoms with E-state index in [0.29, 0.717) is 6.42 Å². The summed E-state index contributed by atoms with van der Waals surface area (Å²) in [5.41, 5.74) is -1.84. The largest absolute Gasteiger partial charge is 0.481 e. The summed E-state index contributed by atoms with van der Waals surface area (Å²) in [7, 11) is 0. The van der Waals surface area contributed by atoms with Gasteiger partial charge in [-0.1, -0.05) is 0 Å². The Labute approximate surface area is 74.1 Å². The van der Waals surface area contributed by atoms with E-state index >= 15 is 0 Å². The van der Waals surface area contributed by atoms with E-state index in [1.165, 1.54) is 0 Å². The number of nitrogens with one attached hydrogen (secondary N) is 1. The van der Waals surface area contributed by atoms with Crippen LogP contribution in [0.1, 0.15) is 12.8 Å². The molecule has 0 amide bonds. The average molecular weight is 191 g/mol. The number of carboxylic acids is 1.